The second-order valence-electron chi connectivity index (χ2n) is 9.53. The van der Waals surface area contributed by atoms with Gasteiger partial charge in [-0.25, -0.2) is 5.01 Å². The first-order valence-corrected chi connectivity index (χ1v) is 13.6. The number of carbonyl (C=O) groups is 1. The summed E-state index contributed by atoms with van der Waals surface area (Å²) in [4.78, 5) is 18.8. The number of rotatable bonds is 5. The fourth-order valence-electron chi connectivity index (χ4n) is 5.26. The summed E-state index contributed by atoms with van der Waals surface area (Å²) in [5.74, 6) is 0.632. The number of hydrogen-bond acceptors (Lipinski definition) is 4. The molecule has 6 rings (SSSR count). The third-order valence-corrected chi connectivity index (χ3v) is 7.61. The van der Waals surface area contributed by atoms with Crippen LogP contribution in [0.25, 0.3) is 22.0 Å². The molecule has 1 unspecified atom stereocenters. The number of methoxy groups -OCH3 is 1. The molecule has 5 nitrogen and oxygen atoms in total. The zero-order valence-electron chi connectivity index (χ0n) is 21.6. The van der Waals surface area contributed by atoms with Gasteiger partial charge in [0, 0.05) is 38.7 Å². The van der Waals surface area contributed by atoms with Gasteiger partial charge in [-0.15, -0.1) is 0 Å². The molecule has 0 bridgehead atoms. The second kappa shape index (κ2) is 10.5. The Bertz CT molecular complexity index is 1700. The van der Waals surface area contributed by atoms with E-state index >= 15 is 0 Å². The summed E-state index contributed by atoms with van der Waals surface area (Å²) < 4.78 is 6.36. The quantitative estimate of drug-likeness (QED) is 0.213. The normalized spacial score (nSPS) is 14.9. The zero-order chi connectivity index (χ0) is 26.9. The molecule has 0 fully saturated rings. The minimum atomic E-state index is -0.264. The molecule has 2 heterocycles. The topological polar surface area (TPSA) is 54.8 Å². The lowest BCUT2D eigenvalue weighted by atomic mass is 9.89. The Morgan fingerprint density at radius 3 is 2.28 bits per heavy atom. The van der Waals surface area contributed by atoms with Gasteiger partial charge in [0.1, 0.15) is 5.75 Å². The third-order valence-electron chi connectivity index (χ3n) is 7.12. The summed E-state index contributed by atoms with van der Waals surface area (Å²) in [5.41, 5.74) is 7.35. The summed E-state index contributed by atoms with van der Waals surface area (Å²) in [5, 5.41) is 7.69. The minimum Gasteiger partial charge on any atom is -0.497 e. The van der Waals surface area contributed by atoms with E-state index in [9.17, 15) is 4.79 Å². The largest absolute Gasteiger partial charge is 0.497 e. The molecule has 0 radical (unpaired) electrons. The lowest BCUT2D eigenvalue weighted by Crippen LogP contribution is -2.27. The summed E-state index contributed by atoms with van der Waals surface area (Å²) in [6.07, 6.45) is 0.562. The van der Waals surface area contributed by atoms with Crippen LogP contribution in [0, 0.1) is 6.92 Å². The van der Waals surface area contributed by atoms with Crippen LogP contribution in [0.15, 0.2) is 113 Å². The number of halogens is 1. The first kappa shape index (κ1) is 25.0. The Labute approximate surface area is 235 Å². The van der Waals surface area contributed by atoms with E-state index in [1.54, 1.807) is 12.1 Å². The number of amides is 1. The van der Waals surface area contributed by atoms with Crippen LogP contribution in [0.5, 0.6) is 5.75 Å². The average molecular weight is 576 g/mol. The van der Waals surface area contributed by atoms with Gasteiger partial charge in [-0.1, -0.05) is 76.6 Å². The average Bonchev–Trinajstić information content (AvgIpc) is 3.42. The molecule has 192 valence electrons. The Kier molecular flexibility index (Phi) is 6.71. The monoisotopic (exact) mass is 575 g/mol. The molecule has 0 spiro atoms. The minimum absolute atomic E-state index is 0.137. The summed E-state index contributed by atoms with van der Waals surface area (Å²) in [6.45, 7) is 2.02. The molecule has 1 aliphatic heterocycles. The molecule has 0 N–H and O–H groups in total. The van der Waals surface area contributed by atoms with E-state index in [1.807, 2.05) is 91.9 Å². The van der Waals surface area contributed by atoms with Gasteiger partial charge >= 0.3 is 0 Å². The maximum absolute atomic E-state index is 13.8. The summed E-state index contributed by atoms with van der Waals surface area (Å²) >= 11 is 3.65. The van der Waals surface area contributed by atoms with E-state index in [4.69, 9.17) is 14.8 Å². The van der Waals surface area contributed by atoms with Crippen LogP contribution in [0.1, 0.15) is 39.6 Å². The van der Waals surface area contributed by atoms with Crippen LogP contribution in [-0.4, -0.2) is 28.7 Å². The van der Waals surface area contributed by atoms with Crippen molar-refractivity contribution in [1.29, 1.82) is 0 Å². The van der Waals surface area contributed by atoms with Crippen LogP contribution in [0.4, 0.5) is 0 Å². The Hall–Kier alpha value is -4.29. The predicted octanol–water partition coefficient (Wildman–Crippen LogP) is 7.97. The molecule has 0 aliphatic carbocycles. The van der Waals surface area contributed by atoms with Crippen molar-refractivity contribution in [3.8, 4) is 16.9 Å². The molecule has 0 saturated carbocycles. The highest BCUT2D eigenvalue weighted by atomic mass is 79.9. The van der Waals surface area contributed by atoms with Gasteiger partial charge in [-0.05, 0) is 60.5 Å². The van der Waals surface area contributed by atoms with Gasteiger partial charge in [0.2, 0.25) is 0 Å². The van der Waals surface area contributed by atoms with E-state index in [0.717, 1.165) is 54.8 Å². The molecular formula is C33H26BrN3O2. The van der Waals surface area contributed by atoms with Gasteiger partial charge in [0.05, 0.1) is 24.4 Å². The lowest BCUT2D eigenvalue weighted by molar-refractivity contribution is 0.0711. The van der Waals surface area contributed by atoms with Crippen molar-refractivity contribution >= 4 is 38.5 Å². The number of aryl methyl sites for hydroxylation is 1. The van der Waals surface area contributed by atoms with Gasteiger partial charge in [0.25, 0.3) is 5.91 Å². The van der Waals surface area contributed by atoms with Crippen molar-refractivity contribution in [3.63, 3.8) is 0 Å². The molecular weight excluding hydrogens is 550 g/mol. The number of hydrazone groups is 1. The fraction of sp³-hybridized carbons (Fsp3) is 0.121. The number of pyridine rings is 1. The van der Waals surface area contributed by atoms with Gasteiger partial charge in [-0.2, -0.15) is 5.10 Å². The van der Waals surface area contributed by atoms with Crippen LogP contribution < -0.4 is 4.74 Å². The summed E-state index contributed by atoms with van der Waals surface area (Å²) in [7, 11) is 1.65. The molecule has 6 heteroatoms. The van der Waals surface area contributed by atoms with Crippen molar-refractivity contribution in [2.75, 3.05) is 7.11 Å². The van der Waals surface area contributed by atoms with E-state index in [1.165, 1.54) is 0 Å². The SMILES string of the molecule is COc1ccc(C2CC(c3c(C)nc4ccc(Br)cc4c3-c3ccccc3)=NN2C(=O)c2ccccc2)cc1. The molecule has 39 heavy (non-hydrogen) atoms. The van der Waals surface area contributed by atoms with Crippen LogP contribution in [-0.2, 0) is 0 Å². The number of benzene rings is 4. The number of nitrogens with zero attached hydrogens (tertiary/aromatic N) is 3. The summed E-state index contributed by atoms with van der Waals surface area (Å²) in [6, 6.07) is 33.4. The van der Waals surface area contributed by atoms with Crippen LogP contribution >= 0.6 is 15.9 Å². The van der Waals surface area contributed by atoms with Gasteiger partial charge in [-0.3, -0.25) is 9.78 Å². The highest BCUT2D eigenvalue weighted by molar-refractivity contribution is 9.10. The first-order chi connectivity index (χ1) is 19.0. The predicted molar refractivity (Wildman–Crippen MR) is 159 cm³/mol. The molecule has 1 amide bonds. The van der Waals surface area contributed by atoms with Crippen molar-refractivity contribution < 1.29 is 9.53 Å². The number of ether oxygens (including phenoxy) is 1. The maximum atomic E-state index is 13.8. The van der Waals surface area contributed by atoms with E-state index in [2.05, 4.69) is 34.1 Å². The van der Waals surface area contributed by atoms with Crippen molar-refractivity contribution in [2.45, 2.75) is 19.4 Å². The molecule has 0 saturated heterocycles. The number of carbonyl (C=O) groups excluding carboxylic acids is 1. The number of hydrogen-bond donors (Lipinski definition) is 0. The zero-order valence-corrected chi connectivity index (χ0v) is 23.2. The van der Waals surface area contributed by atoms with Gasteiger partial charge < -0.3 is 4.74 Å². The fourth-order valence-corrected chi connectivity index (χ4v) is 5.62. The smallest absolute Gasteiger partial charge is 0.274 e. The first-order valence-electron chi connectivity index (χ1n) is 12.8. The Morgan fingerprint density at radius 1 is 0.897 bits per heavy atom. The molecule has 4 aromatic carbocycles. The molecule has 1 atom stereocenters. The van der Waals surface area contributed by atoms with E-state index < -0.39 is 0 Å². The van der Waals surface area contributed by atoms with Gasteiger partial charge in [0.15, 0.2) is 0 Å². The lowest BCUT2D eigenvalue weighted by Gasteiger charge is -2.22. The van der Waals surface area contributed by atoms with Crippen molar-refractivity contribution in [1.82, 2.24) is 9.99 Å². The highest BCUT2D eigenvalue weighted by Crippen LogP contribution is 2.40. The van der Waals surface area contributed by atoms with Crippen molar-refractivity contribution in [2.24, 2.45) is 5.10 Å². The molecule has 5 aromatic rings. The maximum Gasteiger partial charge on any atom is 0.274 e. The van der Waals surface area contributed by atoms with E-state index in [0.29, 0.717) is 12.0 Å². The van der Waals surface area contributed by atoms with E-state index in [-0.39, 0.29) is 11.9 Å². The second-order valence-corrected chi connectivity index (χ2v) is 10.4. The Balaban J connectivity index is 1.55. The highest BCUT2D eigenvalue weighted by Gasteiger charge is 2.35. The standard InChI is InChI=1S/C33H26BrN3O2/c1-21-31(32(23-9-5-3-6-10-23)27-19-25(34)15-18-28(27)35-21)29-20-30(22-13-16-26(39-2)17-14-22)37(36-29)33(38)24-11-7-4-8-12-24/h3-19,30H,20H2,1-2H3. The van der Waals surface area contributed by atoms with Crippen LogP contribution in [0.2, 0.25) is 0 Å². The molecule has 1 aromatic heterocycles. The third kappa shape index (κ3) is 4.72. The number of aromatic nitrogens is 1. The van der Waals surface area contributed by atoms with Crippen molar-refractivity contribution in [3.05, 3.63) is 130 Å². The number of fused-ring (bicyclic) bond motifs is 1. The Morgan fingerprint density at radius 2 is 1.59 bits per heavy atom. The molecule has 1 aliphatic rings. The van der Waals surface area contributed by atoms with Crippen LogP contribution in [0.3, 0.4) is 0 Å².